The monoisotopic (exact) mass is 478 g/mol. The predicted molar refractivity (Wildman–Crippen MR) is 138 cm³/mol. The lowest BCUT2D eigenvalue weighted by Crippen LogP contribution is -2.21. The number of fused-ring (bicyclic) bond motifs is 1. The van der Waals surface area contributed by atoms with Crippen LogP contribution in [0.25, 0.3) is 11.3 Å². The van der Waals surface area contributed by atoms with E-state index in [2.05, 4.69) is 29.2 Å². The molecule has 0 bridgehead atoms. The maximum atomic E-state index is 7.73. The molecule has 1 aromatic carbocycles. The van der Waals surface area contributed by atoms with Gasteiger partial charge in [0.1, 0.15) is 12.3 Å². The van der Waals surface area contributed by atoms with Crippen molar-refractivity contribution in [3.05, 3.63) is 82.3 Å². The van der Waals surface area contributed by atoms with E-state index in [9.17, 15) is 0 Å². The number of halogens is 1. The first kappa shape index (κ1) is 25.5. The number of pyridine rings is 2. The van der Waals surface area contributed by atoms with Crippen LogP contribution in [-0.4, -0.2) is 40.2 Å². The molecule has 34 heavy (non-hydrogen) atoms. The molecule has 2 N–H and O–H groups in total. The summed E-state index contributed by atoms with van der Waals surface area (Å²) in [5.41, 5.74) is 7.17. The van der Waals surface area contributed by atoms with Gasteiger partial charge in [0.05, 0.1) is 22.8 Å². The van der Waals surface area contributed by atoms with Crippen molar-refractivity contribution in [2.45, 2.75) is 39.5 Å². The molecule has 178 valence electrons. The third-order valence-corrected chi connectivity index (χ3v) is 5.79. The van der Waals surface area contributed by atoms with Gasteiger partial charge in [0.15, 0.2) is 0 Å². The molecule has 7 heteroatoms. The van der Waals surface area contributed by atoms with Gasteiger partial charge in [-0.1, -0.05) is 47.9 Å². The highest BCUT2D eigenvalue weighted by Gasteiger charge is 2.23. The van der Waals surface area contributed by atoms with Gasteiger partial charge in [-0.3, -0.25) is 4.98 Å². The molecule has 0 saturated carbocycles. The second-order valence-electron chi connectivity index (χ2n) is 8.34. The fraction of sp³-hybridized carbons (Fsp3) is 0.333. The van der Waals surface area contributed by atoms with Crippen molar-refractivity contribution in [1.29, 1.82) is 5.41 Å². The van der Waals surface area contributed by atoms with Crippen molar-refractivity contribution in [1.82, 2.24) is 9.97 Å². The Bertz CT molecular complexity index is 1150. The van der Waals surface area contributed by atoms with Crippen LogP contribution in [-0.2, 0) is 17.7 Å². The van der Waals surface area contributed by atoms with E-state index in [1.165, 1.54) is 5.56 Å². The topological polar surface area (TPSA) is 91.5 Å². The summed E-state index contributed by atoms with van der Waals surface area (Å²) in [7, 11) is 1.00. The first-order valence-corrected chi connectivity index (χ1v) is 11.8. The van der Waals surface area contributed by atoms with Gasteiger partial charge in [0, 0.05) is 23.4 Å². The Balaban J connectivity index is 0.00000158. The van der Waals surface area contributed by atoms with Gasteiger partial charge in [-0.2, -0.15) is 0 Å². The molecule has 1 aliphatic rings. The Labute approximate surface area is 206 Å². The summed E-state index contributed by atoms with van der Waals surface area (Å²) in [6, 6.07) is 17.7. The number of oxime groups is 1. The van der Waals surface area contributed by atoms with E-state index in [-0.39, 0.29) is 0 Å². The van der Waals surface area contributed by atoms with Crippen LogP contribution in [0.2, 0.25) is 5.02 Å². The van der Waals surface area contributed by atoms with Crippen molar-refractivity contribution in [2.24, 2.45) is 11.1 Å². The lowest BCUT2D eigenvalue weighted by molar-refractivity contribution is 0.140. The molecule has 0 saturated heterocycles. The zero-order valence-corrected chi connectivity index (χ0v) is 20.6. The van der Waals surface area contributed by atoms with Crippen LogP contribution in [0, 0.1) is 11.3 Å². The number of hydrogen-bond acceptors (Lipinski definition) is 6. The molecule has 1 unspecified atom stereocenters. The largest absolute Gasteiger partial charge is 0.400 e. The van der Waals surface area contributed by atoms with Gasteiger partial charge in [-0.05, 0) is 74.4 Å². The molecular weight excluding hydrogens is 448 g/mol. The maximum absolute atomic E-state index is 7.73. The highest BCUT2D eigenvalue weighted by molar-refractivity contribution is 6.30. The van der Waals surface area contributed by atoms with E-state index in [0.29, 0.717) is 23.3 Å². The third-order valence-electron chi connectivity index (χ3n) is 5.54. The summed E-state index contributed by atoms with van der Waals surface area (Å²) in [4.78, 5) is 15.1. The molecule has 1 aliphatic carbocycles. The van der Waals surface area contributed by atoms with Crippen LogP contribution in [0.4, 0.5) is 0 Å². The highest BCUT2D eigenvalue weighted by atomic mass is 35.5. The van der Waals surface area contributed by atoms with E-state index >= 15 is 0 Å². The average Bonchev–Trinajstić information content (AvgIpc) is 2.85. The predicted octanol–water partition coefficient (Wildman–Crippen LogP) is 5.73. The van der Waals surface area contributed by atoms with Gasteiger partial charge in [-0.25, -0.2) is 4.98 Å². The summed E-state index contributed by atoms with van der Waals surface area (Å²) in [6.45, 7) is 4.50. The Morgan fingerprint density at radius 3 is 2.59 bits per heavy atom. The van der Waals surface area contributed by atoms with Crippen LogP contribution >= 0.6 is 11.6 Å². The van der Waals surface area contributed by atoms with E-state index in [4.69, 9.17) is 31.9 Å². The molecule has 1 atom stereocenters. The van der Waals surface area contributed by atoms with Crippen molar-refractivity contribution in [3.8, 4) is 11.3 Å². The smallest absolute Gasteiger partial charge is 0.117 e. The first-order valence-electron chi connectivity index (χ1n) is 11.4. The Morgan fingerprint density at radius 1 is 1.09 bits per heavy atom. The summed E-state index contributed by atoms with van der Waals surface area (Å²) in [6.07, 6.45) is 3.45. The van der Waals surface area contributed by atoms with Gasteiger partial charge >= 0.3 is 0 Å². The van der Waals surface area contributed by atoms with Crippen LogP contribution in [0.3, 0.4) is 0 Å². The minimum absolute atomic E-state index is 0.477. The van der Waals surface area contributed by atoms with E-state index in [1.807, 2.05) is 42.5 Å². The lowest BCUT2D eigenvalue weighted by Gasteiger charge is -2.22. The molecule has 0 spiro atoms. The minimum atomic E-state index is 0.477. The second-order valence-corrected chi connectivity index (χ2v) is 8.77. The Kier molecular flexibility index (Phi) is 9.31. The van der Waals surface area contributed by atoms with Crippen LogP contribution < -0.4 is 0 Å². The van der Waals surface area contributed by atoms with Crippen LogP contribution in [0.1, 0.15) is 49.3 Å². The second kappa shape index (κ2) is 12.4. The lowest BCUT2D eigenvalue weighted by atomic mass is 9.86. The fourth-order valence-electron chi connectivity index (χ4n) is 3.91. The first-order chi connectivity index (χ1) is 16.5. The number of hydrogen-bond donors (Lipinski definition) is 2. The van der Waals surface area contributed by atoms with Crippen LogP contribution in [0.5, 0.6) is 0 Å². The summed E-state index contributed by atoms with van der Waals surface area (Å²) in [5, 5.41) is 19.9. The quantitative estimate of drug-likeness (QED) is 0.258. The van der Waals surface area contributed by atoms with Crippen molar-refractivity contribution in [3.63, 3.8) is 0 Å². The zero-order valence-electron chi connectivity index (χ0n) is 19.9. The molecule has 0 aliphatic heterocycles. The SMILES string of the molecule is CC(=N)c1cccc(CCCO/N=C2\CC(C)Cc3ccc(-c4ccc(Cl)cc4)nc32)n1.CO. The Hall–Kier alpha value is -3.09. The molecule has 3 aromatic rings. The van der Waals surface area contributed by atoms with Crippen LogP contribution in [0.15, 0.2) is 59.8 Å². The molecule has 2 heterocycles. The van der Waals surface area contributed by atoms with E-state index < -0.39 is 0 Å². The molecule has 0 fully saturated rings. The molecule has 0 radical (unpaired) electrons. The van der Waals surface area contributed by atoms with E-state index in [1.54, 1.807) is 6.92 Å². The molecule has 0 amide bonds. The van der Waals surface area contributed by atoms with Crippen molar-refractivity contribution < 1.29 is 9.94 Å². The number of nitrogens with zero attached hydrogens (tertiary/aromatic N) is 3. The number of aromatic nitrogens is 2. The molecular formula is C27H31ClN4O2. The standard InChI is InChI=1S/C26H27ClN4O.CH4O/c1-17-15-20-10-13-24(19-8-11-21(27)12-9-19)30-26(20)25(16-17)31-32-14-4-6-22-5-3-7-23(29-22)18(2)28;1-2/h3,5,7-13,17,28H,4,6,14-16H2,1-2H3;2H,1H3/b28-18?,31-25+;. The molecule has 6 nitrogen and oxygen atoms in total. The van der Waals surface area contributed by atoms with Crippen molar-refractivity contribution in [2.75, 3.05) is 13.7 Å². The third kappa shape index (κ3) is 6.72. The zero-order chi connectivity index (χ0) is 24.5. The summed E-state index contributed by atoms with van der Waals surface area (Å²) < 4.78 is 0. The van der Waals surface area contributed by atoms with E-state index in [0.717, 1.165) is 66.8 Å². The normalized spacial score (nSPS) is 15.8. The fourth-order valence-corrected chi connectivity index (χ4v) is 4.03. The summed E-state index contributed by atoms with van der Waals surface area (Å²) in [5.74, 6) is 0.504. The molecule has 2 aromatic heterocycles. The summed E-state index contributed by atoms with van der Waals surface area (Å²) >= 11 is 6.03. The van der Waals surface area contributed by atoms with Gasteiger partial charge in [0.25, 0.3) is 0 Å². The highest BCUT2D eigenvalue weighted by Crippen LogP contribution is 2.28. The average molecular weight is 479 g/mol. The maximum Gasteiger partial charge on any atom is 0.117 e. The number of rotatable bonds is 7. The van der Waals surface area contributed by atoms with Gasteiger partial charge in [0.2, 0.25) is 0 Å². The molecule has 4 rings (SSSR count). The van der Waals surface area contributed by atoms with Gasteiger partial charge in [-0.15, -0.1) is 0 Å². The minimum Gasteiger partial charge on any atom is -0.400 e. The number of aryl methyl sites for hydroxylation is 1. The van der Waals surface area contributed by atoms with Crippen molar-refractivity contribution >= 4 is 23.0 Å². The number of benzene rings is 1. The Morgan fingerprint density at radius 2 is 1.85 bits per heavy atom. The number of aliphatic hydroxyl groups is 1. The number of aliphatic hydroxyl groups excluding tert-OH is 1. The van der Waals surface area contributed by atoms with Gasteiger partial charge < -0.3 is 15.4 Å². The number of nitrogens with one attached hydrogen (secondary N) is 1.